The minimum atomic E-state index is -0.880. The first-order valence-electron chi connectivity index (χ1n) is 6.10. The highest BCUT2D eigenvalue weighted by Crippen LogP contribution is 2.38. The van der Waals surface area contributed by atoms with Crippen LogP contribution in [0.1, 0.15) is 39.0 Å². The third-order valence-electron chi connectivity index (χ3n) is 4.01. The van der Waals surface area contributed by atoms with Gasteiger partial charge in [0.1, 0.15) is 6.04 Å². The van der Waals surface area contributed by atoms with E-state index < -0.39 is 12.0 Å². The van der Waals surface area contributed by atoms with E-state index in [0.717, 1.165) is 12.8 Å². The molecule has 0 aromatic carbocycles. The molecule has 1 saturated heterocycles. The van der Waals surface area contributed by atoms with Crippen molar-refractivity contribution in [1.29, 1.82) is 0 Å². The third kappa shape index (κ3) is 2.20. The summed E-state index contributed by atoms with van der Waals surface area (Å²) in [5.41, 5.74) is 0. The van der Waals surface area contributed by atoms with Gasteiger partial charge in [-0.1, -0.05) is 26.2 Å². The molecule has 2 N–H and O–H groups in total. The largest absolute Gasteiger partial charge is 0.480 e. The maximum atomic E-state index is 11.3. The number of aliphatic carboxylic acids is 1. The van der Waals surface area contributed by atoms with Crippen LogP contribution < -0.4 is 5.32 Å². The number of nitrogens with one attached hydrogen (secondary N) is 1. The van der Waals surface area contributed by atoms with Gasteiger partial charge in [-0.05, 0) is 18.3 Å². The normalized spacial score (nSPS) is 39.4. The predicted molar refractivity (Wildman–Crippen MR) is 58.8 cm³/mol. The number of hydrogen-bond donors (Lipinski definition) is 2. The van der Waals surface area contributed by atoms with Crippen molar-refractivity contribution in [2.75, 3.05) is 0 Å². The summed E-state index contributed by atoms with van der Waals surface area (Å²) in [4.78, 5) is 22.4. The smallest absolute Gasteiger partial charge is 0.326 e. The van der Waals surface area contributed by atoms with E-state index in [1.807, 2.05) is 0 Å². The molecule has 4 atom stereocenters. The van der Waals surface area contributed by atoms with Crippen LogP contribution in [-0.2, 0) is 9.59 Å². The van der Waals surface area contributed by atoms with Gasteiger partial charge in [0.2, 0.25) is 5.91 Å². The summed E-state index contributed by atoms with van der Waals surface area (Å²) in [7, 11) is 0. The Hall–Kier alpha value is -1.06. The minimum Gasteiger partial charge on any atom is -0.480 e. The van der Waals surface area contributed by atoms with Gasteiger partial charge in [0.25, 0.3) is 0 Å². The molecule has 0 aromatic rings. The highest BCUT2D eigenvalue weighted by molar-refractivity contribution is 5.88. The van der Waals surface area contributed by atoms with E-state index in [1.165, 1.54) is 12.8 Å². The summed E-state index contributed by atoms with van der Waals surface area (Å²) in [5.74, 6) is 0.102. The highest BCUT2D eigenvalue weighted by Gasteiger charge is 2.42. The molecule has 0 bridgehead atoms. The summed E-state index contributed by atoms with van der Waals surface area (Å²) in [5, 5.41) is 11.7. The molecule has 4 nitrogen and oxygen atoms in total. The number of hydrogen-bond acceptors (Lipinski definition) is 2. The van der Waals surface area contributed by atoms with E-state index in [9.17, 15) is 9.59 Å². The van der Waals surface area contributed by atoms with Crippen LogP contribution in [0.25, 0.3) is 0 Å². The molecular weight excluding hydrogens is 206 g/mol. The van der Waals surface area contributed by atoms with E-state index in [-0.39, 0.29) is 11.8 Å². The highest BCUT2D eigenvalue weighted by atomic mass is 16.4. The van der Waals surface area contributed by atoms with Crippen LogP contribution in [0.2, 0.25) is 0 Å². The topological polar surface area (TPSA) is 66.4 Å². The molecule has 1 aliphatic carbocycles. The maximum Gasteiger partial charge on any atom is 0.326 e. The molecule has 1 heterocycles. The second kappa shape index (κ2) is 4.44. The zero-order valence-corrected chi connectivity index (χ0v) is 9.61. The Balaban J connectivity index is 2.06. The fourth-order valence-electron chi connectivity index (χ4n) is 3.22. The van der Waals surface area contributed by atoms with Crippen LogP contribution in [0.15, 0.2) is 0 Å². The summed E-state index contributed by atoms with van der Waals surface area (Å²) in [6.45, 7) is 2.21. The van der Waals surface area contributed by atoms with Crippen molar-refractivity contribution in [3.8, 4) is 0 Å². The second-order valence-electron chi connectivity index (χ2n) is 5.28. The molecule has 2 rings (SSSR count). The maximum absolute atomic E-state index is 11.3. The van der Waals surface area contributed by atoms with Crippen molar-refractivity contribution in [1.82, 2.24) is 5.32 Å². The Kier molecular flexibility index (Phi) is 3.17. The third-order valence-corrected chi connectivity index (χ3v) is 4.01. The van der Waals surface area contributed by atoms with Gasteiger partial charge in [0.05, 0.1) is 0 Å². The van der Waals surface area contributed by atoms with Gasteiger partial charge >= 0.3 is 5.97 Å². The Morgan fingerprint density at radius 3 is 2.81 bits per heavy atom. The monoisotopic (exact) mass is 225 g/mol. The van der Waals surface area contributed by atoms with Crippen LogP contribution in [-0.4, -0.2) is 23.0 Å². The van der Waals surface area contributed by atoms with Gasteiger partial charge in [-0.15, -0.1) is 0 Å². The molecule has 0 radical (unpaired) electrons. The molecule has 16 heavy (non-hydrogen) atoms. The van der Waals surface area contributed by atoms with Crippen LogP contribution in [0.3, 0.4) is 0 Å². The number of rotatable bonds is 2. The first-order valence-corrected chi connectivity index (χ1v) is 6.10. The van der Waals surface area contributed by atoms with E-state index in [1.54, 1.807) is 0 Å². The fourth-order valence-corrected chi connectivity index (χ4v) is 3.22. The molecule has 1 amide bonds. The van der Waals surface area contributed by atoms with Crippen LogP contribution in [0.4, 0.5) is 0 Å². The second-order valence-corrected chi connectivity index (χ2v) is 5.28. The minimum absolute atomic E-state index is 0.00718. The van der Waals surface area contributed by atoms with E-state index in [4.69, 9.17) is 5.11 Å². The zero-order chi connectivity index (χ0) is 11.7. The number of carboxylic acid groups (broad SMARTS) is 1. The molecule has 1 saturated carbocycles. The number of amides is 1. The van der Waals surface area contributed by atoms with Crippen molar-refractivity contribution in [2.45, 2.75) is 45.1 Å². The lowest BCUT2D eigenvalue weighted by atomic mass is 9.73. The molecule has 4 unspecified atom stereocenters. The standard InChI is InChI=1S/C12H19NO3/c1-7-3-2-4-8(5-7)9-6-10(14)13-11(9)12(15)16/h7-9,11H,2-6H2,1H3,(H,13,14)(H,15,16). The SMILES string of the molecule is CC1CCCC(C2CC(=O)NC2C(=O)O)C1. The fraction of sp³-hybridized carbons (Fsp3) is 0.833. The van der Waals surface area contributed by atoms with Gasteiger partial charge in [-0.25, -0.2) is 4.79 Å². The lowest BCUT2D eigenvalue weighted by molar-refractivity contribution is -0.141. The van der Waals surface area contributed by atoms with Gasteiger partial charge in [-0.2, -0.15) is 0 Å². The quantitative estimate of drug-likeness (QED) is 0.746. The number of carbonyl (C=O) groups excluding carboxylic acids is 1. The van der Waals surface area contributed by atoms with Gasteiger partial charge in [0, 0.05) is 12.3 Å². The Morgan fingerprint density at radius 1 is 1.44 bits per heavy atom. The molecular formula is C12H19NO3. The van der Waals surface area contributed by atoms with Crippen molar-refractivity contribution in [2.24, 2.45) is 17.8 Å². The van der Waals surface area contributed by atoms with Crippen molar-refractivity contribution in [3.05, 3.63) is 0 Å². The Bertz CT molecular complexity index is 303. The molecule has 2 fully saturated rings. The van der Waals surface area contributed by atoms with Gasteiger partial charge in [0.15, 0.2) is 0 Å². The molecule has 0 aromatic heterocycles. The molecule has 1 aliphatic heterocycles. The summed E-state index contributed by atoms with van der Waals surface area (Å²) in [6.07, 6.45) is 4.96. The average molecular weight is 225 g/mol. The van der Waals surface area contributed by atoms with Crippen LogP contribution in [0, 0.1) is 17.8 Å². The van der Waals surface area contributed by atoms with E-state index in [2.05, 4.69) is 12.2 Å². The van der Waals surface area contributed by atoms with Crippen molar-refractivity contribution >= 4 is 11.9 Å². The molecule has 0 spiro atoms. The lowest BCUT2D eigenvalue weighted by Crippen LogP contribution is -2.40. The van der Waals surface area contributed by atoms with Crippen molar-refractivity contribution in [3.63, 3.8) is 0 Å². The molecule has 90 valence electrons. The lowest BCUT2D eigenvalue weighted by Gasteiger charge is -2.32. The molecule has 2 aliphatic rings. The first kappa shape index (κ1) is 11.4. The van der Waals surface area contributed by atoms with Crippen molar-refractivity contribution < 1.29 is 14.7 Å². The Morgan fingerprint density at radius 2 is 2.19 bits per heavy atom. The summed E-state index contributed by atoms with van der Waals surface area (Å²) in [6, 6.07) is -0.650. The van der Waals surface area contributed by atoms with E-state index >= 15 is 0 Å². The van der Waals surface area contributed by atoms with Crippen LogP contribution in [0.5, 0.6) is 0 Å². The van der Waals surface area contributed by atoms with Gasteiger partial charge in [-0.3, -0.25) is 4.79 Å². The zero-order valence-electron chi connectivity index (χ0n) is 9.61. The summed E-state index contributed by atoms with van der Waals surface area (Å²) < 4.78 is 0. The summed E-state index contributed by atoms with van der Waals surface area (Å²) >= 11 is 0. The van der Waals surface area contributed by atoms with E-state index in [0.29, 0.717) is 18.3 Å². The Labute approximate surface area is 95.4 Å². The number of carboxylic acids is 1. The average Bonchev–Trinajstić information content (AvgIpc) is 2.60. The molecule has 4 heteroatoms. The predicted octanol–water partition coefficient (Wildman–Crippen LogP) is 1.40. The van der Waals surface area contributed by atoms with Gasteiger partial charge < -0.3 is 10.4 Å². The number of carbonyl (C=O) groups is 2. The van der Waals surface area contributed by atoms with Crippen LogP contribution >= 0.6 is 0 Å². The first-order chi connectivity index (χ1) is 7.58.